The van der Waals surface area contributed by atoms with Crippen molar-refractivity contribution in [3.05, 3.63) is 30.1 Å². The second kappa shape index (κ2) is 8.92. The van der Waals surface area contributed by atoms with Crippen LogP contribution in [0.15, 0.2) is 24.3 Å². The average molecular weight is 373 g/mol. The summed E-state index contributed by atoms with van der Waals surface area (Å²) in [6.07, 6.45) is 2.19. The Balaban J connectivity index is 1.63. The number of urea groups is 1. The van der Waals surface area contributed by atoms with Gasteiger partial charge in [-0.25, -0.2) is 4.79 Å². The van der Waals surface area contributed by atoms with Crippen molar-refractivity contribution in [3.63, 3.8) is 0 Å². The van der Waals surface area contributed by atoms with Gasteiger partial charge in [0.25, 0.3) is 0 Å². The standard InChI is InChI=1S/C18H27N7O2/c1-14-20-21-22-25(14)16-8-6-15(7-9-16)19-18(26)24(11-10-23(2)3)13-17-5-4-12-27-17/h6-9,17H,4-5,10-13H2,1-3H3,(H,19,26). The number of hydrogen-bond acceptors (Lipinski definition) is 6. The SMILES string of the molecule is Cc1nnnn1-c1ccc(NC(=O)N(CCN(C)C)CC2CCCO2)cc1. The predicted octanol–water partition coefficient (Wildman–Crippen LogP) is 1.55. The van der Waals surface area contributed by atoms with Crippen molar-refractivity contribution in [2.75, 3.05) is 45.7 Å². The van der Waals surface area contributed by atoms with E-state index >= 15 is 0 Å². The molecule has 3 rings (SSSR count). The van der Waals surface area contributed by atoms with Gasteiger partial charge in [-0.1, -0.05) is 0 Å². The lowest BCUT2D eigenvalue weighted by atomic mass is 10.2. The Bertz CT molecular complexity index is 738. The number of aromatic nitrogens is 4. The molecule has 146 valence electrons. The molecule has 1 unspecified atom stereocenters. The molecule has 1 aliphatic heterocycles. The van der Waals surface area contributed by atoms with Crippen LogP contribution in [0.3, 0.4) is 0 Å². The fourth-order valence-electron chi connectivity index (χ4n) is 2.99. The molecule has 1 saturated heterocycles. The summed E-state index contributed by atoms with van der Waals surface area (Å²) < 4.78 is 7.35. The van der Waals surface area contributed by atoms with Gasteiger partial charge in [-0.2, -0.15) is 4.68 Å². The highest BCUT2D eigenvalue weighted by Crippen LogP contribution is 2.16. The van der Waals surface area contributed by atoms with Gasteiger partial charge in [0.15, 0.2) is 5.82 Å². The normalized spacial score (nSPS) is 16.7. The van der Waals surface area contributed by atoms with Gasteiger partial charge in [0.2, 0.25) is 0 Å². The Morgan fingerprint density at radius 2 is 2.07 bits per heavy atom. The maximum atomic E-state index is 12.8. The van der Waals surface area contributed by atoms with Crippen molar-refractivity contribution in [3.8, 4) is 5.69 Å². The summed E-state index contributed by atoms with van der Waals surface area (Å²) in [4.78, 5) is 16.7. The van der Waals surface area contributed by atoms with E-state index in [1.165, 1.54) is 0 Å². The van der Waals surface area contributed by atoms with E-state index < -0.39 is 0 Å². The monoisotopic (exact) mass is 373 g/mol. The predicted molar refractivity (Wildman–Crippen MR) is 102 cm³/mol. The van der Waals surface area contributed by atoms with E-state index in [0.717, 1.165) is 37.4 Å². The lowest BCUT2D eigenvalue weighted by molar-refractivity contribution is 0.0820. The minimum atomic E-state index is -0.112. The van der Waals surface area contributed by atoms with Crippen molar-refractivity contribution in [1.29, 1.82) is 0 Å². The third-order valence-corrected chi connectivity index (χ3v) is 4.54. The zero-order chi connectivity index (χ0) is 19.2. The molecule has 0 aliphatic carbocycles. The Labute approximate surface area is 159 Å². The van der Waals surface area contributed by atoms with Crippen molar-refractivity contribution < 1.29 is 9.53 Å². The van der Waals surface area contributed by atoms with Crippen LogP contribution in [0.1, 0.15) is 18.7 Å². The molecule has 0 bridgehead atoms. The minimum absolute atomic E-state index is 0.112. The second-order valence-corrected chi connectivity index (χ2v) is 7.00. The molecule has 1 atom stereocenters. The molecule has 1 aliphatic rings. The van der Waals surface area contributed by atoms with Gasteiger partial charge in [-0.15, -0.1) is 5.10 Å². The van der Waals surface area contributed by atoms with E-state index in [-0.39, 0.29) is 12.1 Å². The van der Waals surface area contributed by atoms with Crippen molar-refractivity contribution in [2.24, 2.45) is 0 Å². The number of hydrogen-bond donors (Lipinski definition) is 1. The van der Waals surface area contributed by atoms with E-state index in [1.807, 2.05) is 50.2 Å². The van der Waals surface area contributed by atoms with E-state index in [4.69, 9.17) is 4.74 Å². The molecule has 1 N–H and O–H groups in total. The molecule has 2 amide bonds. The molecule has 9 nitrogen and oxygen atoms in total. The topological polar surface area (TPSA) is 88.4 Å². The largest absolute Gasteiger partial charge is 0.376 e. The third kappa shape index (κ3) is 5.24. The quantitative estimate of drug-likeness (QED) is 0.792. The Morgan fingerprint density at radius 3 is 2.67 bits per heavy atom. The third-order valence-electron chi connectivity index (χ3n) is 4.54. The number of carbonyl (C=O) groups excluding carboxylic acids is 1. The van der Waals surface area contributed by atoms with Gasteiger partial charge in [0, 0.05) is 31.9 Å². The first-order valence-electron chi connectivity index (χ1n) is 9.20. The molecule has 2 aromatic rings. The summed E-state index contributed by atoms with van der Waals surface area (Å²) in [6, 6.07) is 7.35. The summed E-state index contributed by atoms with van der Waals surface area (Å²) in [6.45, 7) is 4.69. The molecular formula is C18H27N7O2. The minimum Gasteiger partial charge on any atom is -0.376 e. The number of nitrogens with zero attached hydrogens (tertiary/aromatic N) is 6. The van der Waals surface area contributed by atoms with Crippen LogP contribution < -0.4 is 5.32 Å². The number of ether oxygens (including phenoxy) is 1. The number of amides is 2. The van der Waals surface area contributed by atoms with Gasteiger partial charge < -0.3 is 19.9 Å². The van der Waals surface area contributed by atoms with Crippen LogP contribution in [0.5, 0.6) is 0 Å². The van der Waals surface area contributed by atoms with Gasteiger partial charge in [-0.05, 0) is 68.6 Å². The highest BCUT2D eigenvalue weighted by molar-refractivity contribution is 5.89. The lowest BCUT2D eigenvalue weighted by Gasteiger charge is -2.27. The first-order chi connectivity index (χ1) is 13.0. The van der Waals surface area contributed by atoms with Crippen LogP contribution in [0.4, 0.5) is 10.5 Å². The summed E-state index contributed by atoms with van der Waals surface area (Å²) in [5, 5.41) is 14.4. The lowest BCUT2D eigenvalue weighted by Crippen LogP contribution is -2.43. The van der Waals surface area contributed by atoms with Crippen LogP contribution in [-0.2, 0) is 4.74 Å². The van der Waals surface area contributed by atoms with Crippen molar-refractivity contribution in [1.82, 2.24) is 30.0 Å². The zero-order valence-corrected chi connectivity index (χ0v) is 16.1. The highest BCUT2D eigenvalue weighted by Gasteiger charge is 2.22. The first-order valence-corrected chi connectivity index (χ1v) is 9.20. The van der Waals surface area contributed by atoms with Gasteiger partial charge in [0.05, 0.1) is 11.8 Å². The van der Waals surface area contributed by atoms with Crippen LogP contribution in [0, 0.1) is 6.92 Å². The van der Waals surface area contributed by atoms with Crippen LogP contribution in [0.2, 0.25) is 0 Å². The fourth-order valence-corrected chi connectivity index (χ4v) is 2.99. The van der Waals surface area contributed by atoms with Crippen molar-refractivity contribution in [2.45, 2.75) is 25.9 Å². The molecule has 0 spiro atoms. The number of aryl methyl sites for hydroxylation is 1. The molecule has 1 aromatic heterocycles. The maximum absolute atomic E-state index is 12.8. The molecular weight excluding hydrogens is 346 g/mol. The summed E-state index contributed by atoms with van der Waals surface area (Å²) in [5.41, 5.74) is 1.58. The summed E-state index contributed by atoms with van der Waals surface area (Å²) in [7, 11) is 4.00. The molecule has 1 aromatic carbocycles. The Kier molecular flexibility index (Phi) is 6.36. The summed E-state index contributed by atoms with van der Waals surface area (Å²) in [5.74, 6) is 0.707. The van der Waals surface area contributed by atoms with Gasteiger partial charge >= 0.3 is 6.03 Å². The number of benzene rings is 1. The van der Waals surface area contributed by atoms with Crippen molar-refractivity contribution >= 4 is 11.7 Å². The van der Waals surface area contributed by atoms with E-state index in [0.29, 0.717) is 18.9 Å². The molecule has 2 heterocycles. The number of tetrazole rings is 1. The van der Waals surface area contributed by atoms with Gasteiger partial charge in [-0.3, -0.25) is 0 Å². The summed E-state index contributed by atoms with van der Waals surface area (Å²) >= 11 is 0. The van der Waals surface area contributed by atoms with Gasteiger partial charge in [0.1, 0.15) is 0 Å². The second-order valence-electron chi connectivity index (χ2n) is 7.00. The number of carbonyl (C=O) groups is 1. The molecule has 9 heteroatoms. The maximum Gasteiger partial charge on any atom is 0.321 e. The van der Waals surface area contributed by atoms with Crippen LogP contribution in [-0.4, -0.2) is 82.5 Å². The number of rotatable bonds is 7. The molecule has 1 fully saturated rings. The van der Waals surface area contributed by atoms with E-state index in [1.54, 1.807) is 4.68 Å². The Morgan fingerprint density at radius 1 is 1.30 bits per heavy atom. The smallest absolute Gasteiger partial charge is 0.321 e. The molecule has 0 radical (unpaired) electrons. The fraction of sp³-hybridized carbons (Fsp3) is 0.556. The number of anilines is 1. The highest BCUT2D eigenvalue weighted by atomic mass is 16.5. The number of nitrogens with one attached hydrogen (secondary N) is 1. The molecule has 0 saturated carbocycles. The van der Waals surface area contributed by atoms with Crippen LogP contribution >= 0.6 is 0 Å². The average Bonchev–Trinajstić information content (AvgIpc) is 3.30. The number of likely N-dealkylation sites (N-methyl/N-ethyl adjacent to an activating group) is 1. The molecule has 27 heavy (non-hydrogen) atoms. The van der Waals surface area contributed by atoms with Crippen LogP contribution in [0.25, 0.3) is 5.69 Å². The first kappa shape index (κ1) is 19.2. The zero-order valence-electron chi connectivity index (χ0n) is 16.1. The Hall–Kier alpha value is -2.52. The van der Waals surface area contributed by atoms with E-state index in [2.05, 4.69) is 25.7 Å². The van der Waals surface area contributed by atoms with E-state index in [9.17, 15) is 4.79 Å².